The minimum Gasteiger partial charge on any atom is -0.461 e. The van der Waals surface area contributed by atoms with Crippen molar-refractivity contribution >= 4 is 39.2 Å². The lowest BCUT2D eigenvalue weighted by atomic mass is 10.1. The van der Waals surface area contributed by atoms with Gasteiger partial charge in [-0.2, -0.15) is 0 Å². The minimum absolute atomic E-state index is 0.00622. The number of esters is 2. The number of hydrogen-bond acceptors (Lipinski definition) is 8. The van der Waals surface area contributed by atoms with Crippen molar-refractivity contribution in [1.29, 1.82) is 0 Å². The molecule has 2 aromatic carbocycles. The molecule has 4 N–H and O–H groups in total. The summed E-state index contributed by atoms with van der Waals surface area (Å²) in [4.78, 5) is 44.5. The van der Waals surface area contributed by atoms with Crippen LogP contribution in [0.1, 0.15) is 24.0 Å². The molecule has 2 rings (SSSR count). The maximum atomic E-state index is 11.6. The van der Waals surface area contributed by atoms with E-state index in [1.165, 1.54) is 7.11 Å². The lowest BCUT2D eigenvalue weighted by Crippen LogP contribution is -2.41. The van der Waals surface area contributed by atoms with Crippen molar-refractivity contribution < 1.29 is 33.4 Å². The molecule has 0 spiro atoms. The van der Waals surface area contributed by atoms with Gasteiger partial charge in [0.15, 0.2) is 11.6 Å². The van der Waals surface area contributed by atoms with Crippen molar-refractivity contribution in [2.24, 2.45) is 5.73 Å². The van der Waals surface area contributed by atoms with Crippen LogP contribution < -0.4 is 16.4 Å². The van der Waals surface area contributed by atoms with Crippen LogP contribution in [0.4, 0.5) is 9.59 Å². The number of rotatable bonds is 13. The molecule has 12 heteroatoms. The summed E-state index contributed by atoms with van der Waals surface area (Å²) in [6.07, 6.45) is 0.0237. The van der Waals surface area contributed by atoms with Crippen molar-refractivity contribution in [2.45, 2.75) is 38.1 Å². The second-order valence-electron chi connectivity index (χ2n) is 7.80. The van der Waals surface area contributed by atoms with E-state index < -0.39 is 35.6 Å². The van der Waals surface area contributed by atoms with Crippen LogP contribution in [0.5, 0.6) is 0 Å². The highest BCUT2D eigenvalue weighted by molar-refractivity contribution is 6.57. The quantitative estimate of drug-likeness (QED) is 0.272. The normalized spacial score (nSPS) is 11.6. The summed E-state index contributed by atoms with van der Waals surface area (Å²) < 4.78 is 15.0. The molecule has 0 saturated heterocycles. The van der Waals surface area contributed by atoms with Gasteiger partial charge in [0.1, 0.15) is 13.2 Å². The van der Waals surface area contributed by atoms with E-state index in [1.807, 2.05) is 60.7 Å². The Morgan fingerprint density at radius 3 is 1.54 bits per heavy atom. The Morgan fingerprint density at radius 1 is 0.757 bits per heavy atom. The van der Waals surface area contributed by atoms with E-state index in [4.69, 9.17) is 35.6 Å². The highest BCUT2D eigenvalue weighted by Crippen LogP contribution is 2.04. The predicted molar refractivity (Wildman–Crippen MR) is 139 cm³/mol. The number of amides is 2. The minimum atomic E-state index is -0.707. The molecule has 2 unspecified atom stereocenters. The molecular weight excluding hydrogens is 476 g/mol. The zero-order valence-corrected chi connectivity index (χ0v) is 20.8. The molecule has 0 bridgehead atoms. The van der Waals surface area contributed by atoms with Crippen LogP contribution in [0.3, 0.4) is 0 Å². The number of hydrogen-bond donors (Lipinski definition) is 3. The number of methoxy groups -OCH3 is 1. The molecule has 4 radical (unpaired) electrons. The van der Waals surface area contributed by atoms with Gasteiger partial charge in [-0.15, -0.1) is 0 Å². The number of nitrogens with two attached hydrogens (primary N) is 1. The van der Waals surface area contributed by atoms with Crippen molar-refractivity contribution in [3.8, 4) is 0 Å². The highest BCUT2D eigenvalue weighted by atomic mass is 16.5. The first-order valence-corrected chi connectivity index (χ1v) is 11.4. The Kier molecular flexibility index (Phi) is 15.8. The molecule has 10 nitrogen and oxygen atoms in total. The lowest BCUT2D eigenvalue weighted by Gasteiger charge is -2.16. The van der Waals surface area contributed by atoms with Crippen molar-refractivity contribution in [2.75, 3.05) is 20.3 Å². The summed E-state index contributed by atoms with van der Waals surface area (Å²) in [5.41, 5.74) is 7.20. The lowest BCUT2D eigenvalue weighted by molar-refractivity contribution is -0.146. The summed E-state index contributed by atoms with van der Waals surface area (Å²) in [7, 11) is 11.4. The smallest absolute Gasteiger partial charge is 0.308 e. The van der Waals surface area contributed by atoms with Gasteiger partial charge in [-0.05, 0) is 11.1 Å². The average molecular weight is 507 g/mol. The highest BCUT2D eigenvalue weighted by Gasteiger charge is 2.16. The molecule has 37 heavy (non-hydrogen) atoms. The van der Waals surface area contributed by atoms with E-state index in [-0.39, 0.29) is 39.2 Å². The molecule has 0 fully saturated rings. The number of nitrogens with one attached hydrogen (secondary N) is 2. The summed E-state index contributed by atoms with van der Waals surface area (Å²) in [5.74, 6) is -2.25. The zero-order chi connectivity index (χ0) is 27.5. The van der Waals surface area contributed by atoms with Crippen molar-refractivity contribution in [1.82, 2.24) is 10.6 Å². The van der Waals surface area contributed by atoms with Gasteiger partial charge >= 0.3 is 11.9 Å². The molecule has 0 aliphatic rings. The first-order valence-electron chi connectivity index (χ1n) is 11.4. The van der Waals surface area contributed by atoms with Crippen LogP contribution >= 0.6 is 0 Å². The average Bonchev–Trinajstić information content (AvgIpc) is 2.87. The second-order valence-corrected chi connectivity index (χ2v) is 7.80. The van der Waals surface area contributed by atoms with Gasteiger partial charge in [-0.1, -0.05) is 60.7 Å². The number of ether oxygens (including phenoxy) is 3. The van der Waals surface area contributed by atoms with Gasteiger partial charge in [-0.3, -0.25) is 19.2 Å². The molecule has 0 saturated carbocycles. The van der Waals surface area contributed by atoms with E-state index in [1.54, 1.807) is 0 Å². The maximum absolute atomic E-state index is 11.6. The summed E-state index contributed by atoms with van der Waals surface area (Å²) in [6.45, 7) is 0.732. The number of benzene rings is 2. The molecule has 2 aromatic rings. The number of carbonyl (C=O) groups is 4. The molecular formula is C25H31B2N3O7. The van der Waals surface area contributed by atoms with Crippen LogP contribution in [-0.2, 0) is 37.0 Å². The van der Waals surface area contributed by atoms with E-state index in [2.05, 4.69) is 10.6 Å². The Labute approximate surface area is 219 Å². The standard InChI is InChI=1S/C13H16BNO4.C12H15BN2O3/c1-18-9-11(15-13(14)17)7-12(16)19-8-10-5-3-2-4-6-10;13-12(17)15-10(7-14)6-11(16)18-8-9-4-2-1-3-5-9/h2-6,11H,7-9H2,1H3,(H,15,17);1-5,10H,6-8,14H2,(H,15,17). The van der Waals surface area contributed by atoms with Crippen LogP contribution in [0.2, 0.25) is 0 Å². The van der Waals surface area contributed by atoms with Crippen molar-refractivity contribution in [3.05, 3.63) is 71.8 Å². The Hall–Kier alpha value is -3.63. The topological polar surface area (TPSA) is 146 Å². The fraction of sp³-hybridized carbons (Fsp3) is 0.360. The van der Waals surface area contributed by atoms with Crippen LogP contribution in [-0.4, -0.2) is 71.6 Å². The summed E-state index contributed by atoms with van der Waals surface area (Å²) in [6, 6.07) is 17.7. The van der Waals surface area contributed by atoms with Gasteiger partial charge in [-0.25, -0.2) is 0 Å². The molecule has 0 aliphatic heterocycles. The Morgan fingerprint density at radius 2 is 1.16 bits per heavy atom. The summed E-state index contributed by atoms with van der Waals surface area (Å²) >= 11 is 0. The SMILES string of the molecule is [B]C(=O)NC(CN)CC(=O)OCc1ccccc1.[B]C(=O)NC(COC)CC(=O)OCc1ccccc1. The first-order chi connectivity index (χ1) is 17.7. The van der Waals surface area contributed by atoms with Gasteiger partial charge < -0.3 is 30.6 Å². The maximum Gasteiger partial charge on any atom is 0.308 e. The summed E-state index contributed by atoms with van der Waals surface area (Å²) in [5, 5.41) is 4.79. The van der Waals surface area contributed by atoms with E-state index in [0.717, 1.165) is 11.1 Å². The predicted octanol–water partition coefficient (Wildman–Crippen LogP) is 1.34. The largest absolute Gasteiger partial charge is 0.461 e. The fourth-order valence-electron chi connectivity index (χ4n) is 2.94. The van der Waals surface area contributed by atoms with Crippen LogP contribution in [0, 0.1) is 0 Å². The molecule has 0 heterocycles. The molecule has 2 atom stereocenters. The van der Waals surface area contributed by atoms with Crippen LogP contribution in [0.15, 0.2) is 60.7 Å². The van der Waals surface area contributed by atoms with Gasteiger partial charge in [0.2, 0.25) is 15.7 Å². The third-order valence-corrected chi connectivity index (χ3v) is 4.66. The zero-order valence-electron chi connectivity index (χ0n) is 20.8. The molecule has 194 valence electrons. The molecule has 0 aliphatic carbocycles. The third kappa shape index (κ3) is 15.9. The molecule has 2 amide bonds. The second kappa shape index (κ2) is 18.6. The first kappa shape index (κ1) is 31.4. The Bertz CT molecular complexity index is 965. The number of carbonyl (C=O) groups excluding carboxylic acids is 4. The third-order valence-electron chi connectivity index (χ3n) is 4.66. The van der Waals surface area contributed by atoms with Gasteiger partial charge in [0.05, 0.1) is 31.5 Å². The fourth-order valence-corrected chi connectivity index (χ4v) is 2.94. The monoisotopic (exact) mass is 507 g/mol. The van der Waals surface area contributed by atoms with Crippen LogP contribution in [0.25, 0.3) is 0 Å². The van der Waals surface area contributed by atoms with E-state index >= 15 is 0 Å². The van der Waals surface area contributed by atoms with E-state index in [0.29, 0.717) is 0 Å². The Balaban J connectivity index is 0.000000371. The molecule has 0 aromatic heterocycles. The van der Waals surface area contributed by atoms with Gasteiger partial charge in [0.25, 0.3) is 0 Å². The van der Waals surface area contributed by atoms with Crippen molar-refractivity contribution in [3.63, 3.8) is 0 Å². The van der Waals surface area contributed by atoms with E-state index in [9.17, 15) is 19.2 Å². The van der Waals surface area contributed by atoms with Gasteiger partial charge in [0, 0.05) is 13.7 Å².